The largest absolute Gasteiger partial charge is 0.454 e. The summed E-state index contributed by atoms with van der Waals surface area (Å²) in [4.78, 5) is 26.3. The van der Waals surface area contributed by atoms with Gasteiger partial charge in [0.1, 0.15) is 11.5 Å². The van der Waals surface area contributed by atoms with Gasteiger partial charge in [0.05, 0.1) is 11.0 Å². The zero-order valence-corrected chi connectivity index (χ0v) is 11.1. The molecule has 1 aromatic heterocycles. The molecule has 9 nitrogen and oxygen atoms in total. The van der Waals surface area contributed by atoms with Crippen LogP contribution in [-0.4, -0.2) is 22.7 Å². The fourth-order valence-corrected chi connectivity index (χ4v) is 1.89. The lowest BCUT2D eigenvalue weighted by Crippen LogP contribution is -2.20. The Morgan fingerprint density at radius 3 is 2.68 bits per heavy atom. The SMILES string of the molecule is O=C(Nc1ccccn1)Nc1cc2c(cc1[N+](=O)[O-])OCO2. The first-order valence-electron chi connectivity index (χ1n) is 6.20. The van der Waals surface area contributed by atoms with Crippen molar-refractivity contribution in [3.63, 3.8) is 0 Å². The van der Waals surface area contributed by atoms with Crippen molar-refractivity contribution in [3.8, 4) is 11.5 Å². The molecule has 1 aliphatic rings. The molecule has 22 heavy (non-hydrogen) atoms. The fraction of sp³-hybridized carbons (Fsp3) is 0.0769. The topological polar surface area (TPSA) is 116 Å². The molecule has 3 rings (SSSR count). The summed E-state index contributed by atoms with van der Waals surface area (Å²) in [5.74, 6) is 0.921. The van der Waals surface area contributed by atoms with Gasteiger partial charge in [0, 0.05) is 12.3 Å². The van der Waals surface area contributed by atoms with Crippen molar-refractivity contribution < 1.29 is 19.2 Å². The van der Waals surface area contributed by atoms with Crippen LogP contribution in [0.15, 0.2) is 36.5 Å². The summed E-state index contributed by atoms with van der Waals surface area (Å²) < 4.78 is 10.2. The lowest BCUT2D eigenvalue weighted by molar-refractivity contribution is -0.384. The maximum atomic E-state index is 11.9. The maximum Gasteiger partial charge on any atom is 0.325 e. The number of pyridine rings is 1. The third-order valence-corrected chi connectivity index (χ3v) is 2.84. The average Bonchev–Trinajstić information content (AvgIpc) is 2.94. The van der Waals surface area contributed by atoms with Crippen molar-refractivity contribution in [2.75, 3.05) is 17.4 Å². The van der Waals surface area contributed by atoms with Gasteiger partial charge in [-0.3, -0.25) is 15.4 Å². The van der Waals surface area contributed by atoms with Gasteiger partial charge in [-0.15, -0.1) is 0 Å². The van der Waals surface area contributed by atoms with Gasteiger partial charge in [0.2, 0.25) is 6.79 Å². The van der Waals surface area contributed by atoms with Gasteiger partial charge in [0.25, 0.3) is 5.69 Å². The van der Waals surface area contributed by atoms with Crippen molar-refractivity contribution in [2.24, 2.45) is 0 Å². The van der Waals surface area contributed by atoms with E-state index in [1.54, 1.807) is 18.2 Å². The molecule has 2 N–H and O–H groups in total. The number of nitro benzene ring substituents is 1. The molecule has 1 aliphatic heterocycles. The minimum atomic E-state index is -0.652. The van der Waals surface area contributed by atoms with Crippen LogP contribution in [0.5, 0.6) is 11.5 Å². The molecule has 9 heteroatoms. The molecule has 0 spiro atoms. The normalized spacial score (nSPS) is 11.8. The van der Waals surface area contributed by atoms with Crippen LogP contribution in [0.25, 0.3) is 0 Å². The van der Waals surface area contributed by atoms with E-state index < -0.39 is 11.0 Å². The van der Waals surface area contributed by atoms with Crippen LogP contribution in [0.3, 0.4) is 0 Å². The molecule has 0 fully saturated rings. The van der Waals surface area contributed by atoms with Crippen molar-refractivity contribution in [2.45, 2.75) is 0 Å². The highest BCUT2D eigenvalue weighted by molar-refractivity contribution is 6.01. The van der Waals surface area contributed by atoms with Crippen molar-refractivity contribution in [3.05, 3.63) is 46.6 Å². The number of anilines is 2. The summed E-state index contributed by atoms with van der Waals surface area (Å²) >= 11 is 0. The van der Waals surface area contributed by atoms with Crippen LogP contribution in [0.4, 0.5) is 22.0 Å². The number of benzene rings is 1. The molecular weight excluding hydrogens is 292 g/mol. The predicted molar refractivity (Wildman–Crippen MR) is 76.1 cm³/mol. The second-order valence-corrected chi connectivity index (χ2v) is 4.27. The number of rotatable bonds is 3. The van der Waals surface area contributed by atoms with E-state index in [4.69, 9.17) is 9.47 Å². The maximum absolute atomic E-state index is 11.9. The van der Waals surface area contributed by atoms with E-state index in [1.165, 1.54) is 18.3 Å². The van der Waals surface area contributed by atoms with Crippen LogP contribution in [0.2, 0.25) is 0 Å². The lowest BCUT2D eigenvalue weighted by Gasteiger charge is -2.08. The number of nitrogens with zero attached hydrogens (tertiary/aromatic N) is 2. The highest BCUT2D eigenvalue weighted by atomic mass is 16.7. The van der Waals surface area contributed by atoms with Gasteiger partial charge < -0.3 is 14.8 Å². The molecule has 0 bridgehead atoms. The van der Waals surface area contributed by atoms with Crippen LogP contribution in [0.1, 0.15) is 0 Å². The second kappa shape index (κ2) is 5.56. The number of urea groups is 1. The first kappa shape index (κ1) is 13.6. The molecule has 0 radical (unpaired) electrons. The Bertz CT molecular complexity index is 735. The number of carbonyl (C=O) groups excluding carboxylic acids is 1. The summed E-state index contributed by atoms with van der Waals surface area (Å²) in [7, 11) is 0. The summed E-state index contributed by atoms with van der Waals surface area (Å²) in [5, 5.41) is 16.0. The lowest BCUT2D eigenvalue weighted by atomic mass is 10.2. The standard InChI is InChI=1S/C13H10N4O5/c18-13(16-12-3-1-2-4-14-12)15-8-5-10-11(22-7-21-10)6-9(8)17(19)20/h1-6H,7H2,(H2,14,15,16,18). The summed E-state index contributed by atoms with van der Waals surface area (Å²) in [6.07, 6.45) is 1.51. The summed E-state index contributed by atoms with van der Waals surface area (Å²) in [6.45, 7) is -0.0178. The van der Waals surface area contributed by atoms with Crippen molar-refractivity contribution in [1.82, 2.24) is 4.98 Å². The molecule has 2 heterocycles. The Kier molecular flexibility index (Phi) is 3.44. The van der Waals surface area contributed by atoms with E-state index in [2.05, 4.69) is 15.6 Å². The summed E-state index contributed by atoms with van der Waals surface area (Å²) in [6, 6.07) is 6.89. The number of aromatic nitrogens is 1. The van der Waals surface area contributed by atoms with Crippen molar-refractivity contribution >= 4 is 23.2 Å². The third kappa shape index (κ3) is 2.73. The molecule has 1 aromatic carbocycles. The molecule has 0 unspecified atom stereocenters. The van der Waals surface area contributed by atoms with Gasteiger partial charge in [-0.05, 0) is 12.1 Å². The van der Waals surface area contributed by atoms with Crippen LogP contribution in [-0.2, 0) is 0 Å². The van der Waals surface area contributed by atoms with E-state index in [9.17, 15) is 14.9 Å². The van der Waals surface area contributed by atoms with Gasteiger partial charge >= 0.3 is 6.03 Å². The number of fused-ring (bicyclic) bond motifs is 1. The first-order valence-corrected chi connectivity index (χ1v) is 6.20. The number of hydrogen-bond donors (Lipinski definition) is 2. The van der Waals surface area contributed by atoms with Gasteiger partial charge in [-0.1, -0.05) is 6.07 Å². The van der Waals surface area contributed by atoms with Gasteiger partial charge in [-0.25, -0.2) is 9.78 Å². The van der Waals surface area contributed by atoms with Gasteiger partial charge in [-0.2, -0.15) is 0 Å². The number of nitrogens with one attached hydrogen (secondary N) is 2. The molecule has 112 valence electrons. The van der Waals surface area contributed by atoms with Crippen LogP contribution < -0.4 is 20.1 Å². The average molecular weight is 302 g/mol. The summed E-state index contributed by atoms with van der Waals surface area (Å²) in [5.41, 5.74) is -0.289. The Labute approximate surface area is 124 Å². The monoisotopic (exact) mass is 302 g/mol. The Hall–Kier alpha value is -3.36. The third-order valence-electron chi connectivity index (χ3n) is 2.84. The smallest absolute Gasteiger partial charge is 0.325 e. The number of ether oxygens (including phenoxy) is 2. The van der Waals surface area contributed by atoms with Crippen molar-refractivity contribution in [1.29, 1.82) is 0 Å². The van der Waals surface area contributed by atoms with E-state index >= 15 is 0 Å². The first-order chi connectivity index (χ1) is 10.6. The molecule has 2 aromatic rings. The minimum Gasteiger partial charge on any atom is -0.454 e. The van der Waals surface area contributed by atoms with Gasteiger partial charge in [0.15, 0.2) is 11.5 Å². The Morgan fingerprint density at radius 1 is 1.23 bits per heavy atom. The van der Waals surface area contributed by atoms with Crippen LogP contribution in [0, 0.1) is 10.1 Å². The highest BCUT2D eigenvalue weighted by Gasteiger charge is 2.24. The zero-order chi connectivity index (χ0) is 15.5. The molecule has 0 saturated carbocycles. The zero-order valence-electron chi connectivity index (χ0n) is 11.1. The minimum absolute atomic E-state index is 0.00248. The predicted octanol–water partition coefficient (Wildman–Crippen LogP) is 2.36. The molecule has 0 aliphatic carbocycles. The number of hydrogen-bond acceptors (Lipinski definition) is 6. The van der Waals surface area contributed by atoms with E-state index in [1.807, 2.05) is 0 Å². The molecule has 0 saturated heterocycles. The highest BCUT2D eigenvalue weighted by Crippen LogP contribution is 2.40. The van der Waals surface area contributed by atoms with E-state index in [0.717, 1.165) is 0 Å². The van der Waals surface area contributed by atoms with E-state index in [0.29, 0.717) is 11.6 Å². The number of amides is 2. The Balaban J connectivity index is 1.82. The molecule has 2 amide bonds. The Morgan fingerprint density at radius 2 is 2.00 bits per heavy atom. The number of carbonyl (C=O) groups is 1. The fourth-order valence-electron chi connectivity index (χ4n) is 1.89. The number of nitro groups is 1. The molecule has 0 atom stereocenters. The second-order valence-electron chi connectivity index (χ2n) is 4.27. The van der Waals surface area contributed by atoms with E-state index in [-0.39, 0.29) is 23.9 Å². The molecular formula is C13H10N4O5. The van der Waals surface area contributed by atoms with Crippen LogP contribution >= 0.6 is 0 Å². The quantitative estimate of drug-likeness (QED) is 0.664.